The number of rotatable bonds is 5. The van der Waals surface area contributed by atoms with Gasteiger partial charge in [-0.1, -0.05) is 18.2 Å². The lowest BCUT2D eigenvalue weighted by atomic mass is 10.2. The Bertz CT molecular complexity index is 609. The van der Waals surface area contributed by atoms with Gasteiger partial charge in [-0.05, 0) is 43.3 Å². The molecule has 2 aromatic carbocycles. The molecule has 0 aromatic heterocycles. The van der Waals surface area contributed by atoms with Crippen LogP contribution in [0.25, 0.3) is 0 Å². The summed E-state index contributed by atoms with van der Waals surface area (Å²) in [7, 11) is 1.88. The van der Waals surface area contributed by atoms with Crippen LogP contribution in [0.15, 0.2) is 42.5 Å². The first-order chi connectivity index (χ1) is 9.60. The minimum Gasteiger partial charge on any atom is -0.450 e. The minimum atomic E-state index is -0.433. The van der Waals surface area contributed by atoms with Crippen molar-refractivity contribution >= 4 is 5.69 Å². The average Bonchev–Trinajstić information content (AvgIpc) is 2.43. The maximum Gasteiger partial charge on any atom is 0.311 e. The molecule has 0 aliphatic rings. The summed E-state index contributed by atoms with van der Waals surface area (Å²) < 4.78 is 5.60. The van der Waals surface area contributed by atoms with E-state index in [-0.39, 0.29) is 11.4 Å². The number of nitrogens with one attached hydrogen (secondary N) is 1. The standard InChI is InChI=1S/C15H16N2O3/c1-11-3-8-15(14(9-11)17(18)19)20-13-6-4-12(5-7-13)10-16-2/h3-9,16H,10H2,1-2H3. The molecule has 0 spiro atoms. The highest BCUT2D eigenvalue weighted by Crippen LogP contribution is 2.32. The fourth-order valence-electron chi connectivity index (χ4n) is 1.86. The van der Waals surface area contributed by atoms with Crippen LogP contribution in [0.1, 0.15) is 11.1 Å². The molecule has 0 aliphatic carbocycles. The van der Waals surface area contributed by atoms with E-state index in [1.54, 1.807) is 24.3 Å². The summed E-state index contributed by atoms with van der Waals surface area (Å²) in [5.74, 6) is 0.832. The normalized spacial score (nSPS) is 10.3. The monoisotopic (exact) mass is 272 g/mol. The summed E-state index contributed by atoms with van der Waals surface area (Å²) in [4.78, 5) is 10.6. The van der Waals surface area contributed by atoms with E-state index in [1.165, 1.54) is 6.07 Å². The first kappa shape index (κ1) is 14.0. The van der Waals surface area contributed by atoms with E-state index in [9.17, 15) is 10.1 Å². The Morgan fingerprint density at radius 2 is 1.90 bits per heavy atom. The van der Waals surface area contributed by atoms with Gasteiger partial charge in [0.1, 0.15) is 5.75 Å². The van der Waals surface area contributed by atoms with Gasteiger partial charge in [0.15, 0.2) is 0 Å². The van der Waals surface area contributed by atoms with Crippen LogP contribution >= 0.6 is 0 Å². The molecule has 0 radical (unpaired) electrons. The highest BCUT2D eigenvalue weighted by Gasteiger charge is 2.15. The molecular formula is C15H16N2O3. The summed E-state index contributed by atoms with van der Waals surface area (Å²) in [5, 5.41) is 14.1. The summed E-state index contributed by atoms with van der Waals surface area (Å²) in [6.07, 6.45) is 0. The van der Waals surface area contributed by atoms with Crippen molar-refractivity contribution in [3.05, 3.63) is 63.7 Å². The number of aryl methyl sites for hydroxylation is 1. The van der Waals surface area contributed by atoms with E-state index in [0.29, 0.717) is 5.75 Å². The minimum absolute atomic E-state index is 0.0238. The van der Waals surface area contributed by atoms with Gasteiger partial charge in [-0.25, -0.2) is 0 Å². The molecule has 0 aliphatic heterocycles. The number of hydrogen-bond acceptors (Lipinski definition) is 4. The van der Waals surface area contributed by atoms with Gasteiger partial charge < -0.3 is 10.1 Å². The largest absolute Gasteiger partial charge is 0.450 e. The zero-order valence-electron chi connectivity index (χ0n) is 11.4. The molecule has 5 heteroatoms. The van der Waals surface area contributed by atoms with Crippen LogP contribution < -0.4 is 10.1 Å². The van der Waals surface area contributed by atoms with Gasteiger partial charge >= 0.3 is 5.69 Å². The molecule has 1 N–H and O–H groups in total. The predicted octanol–water partition coefficient (Wildman–Crippen LogP) is 3.41. The second-order valence-corrected chi connectivity index (χ2v) is 4.50. The van der Waals surface area contributed by atoms with Crippen molar-refractivity contribution in [1.29, 1.82) is 0 Å². The molecule has 0 heterocycles. The molecule has 0 saturated carbocycles. The maximum absolute atomic E-state index is 11.0. The molecule has 0 unspecified atom stereocenters. The van der Waals surface area contributed by atoms with Crippen molar-refractivity contribution in [2.24, 2.45) is 0 Å². The first-order valence-corrected chi connectivity index (χ1v) is 6.26. The third-order valence-corrected chi connectivity index (χ3v) is 2.84. The summed E-state index contributed by atoms with van der Waals surface area (Å²) in [6.45, 7) is 2.58. The van der Waals surface area contributed by atoms with E-state index in [2.05, 4.69) is 5.32 Å². The van der Waals surface area contributed by atoms with Crippen molar-refractivity contribution < 1.29 is 9.66 Å². The van der Waals surface area contributed by atoms with Crippen LogP contribution in [-0.4, -0.2) is 12.0 Å². The highest BCUT2D eigenvalue weighted by molar-refractivity contribution is 5.50. The molecule has 0 saturated heterocycles. The molecule has 0 amide bonds. The second-order valence-electron chi connectivity index (χ2n) is 4.50. The Morgan fingerprint density at radius 3 is 2.50 bits per heavy atom. The zero-order chi connectivity index (χ0) is 14.5. The summed E-state index contributed by atoms with van der Waals surface area (Å²) in [5.41, 5.74) is 1.93. The Hall–Kier alpha value is -2.40. The van der Waals surface area contributed by atoms with Gasteiger partial charge in [-0.15, -0.1) is 0 Å². The van der Waals surface area contributed by atoms with Gasteiger partial charge in [0.2, 0.25) is 5.75 Å². The van der Waals surface area contributed by atoms with Crippen LogP contribution in [0.4, 0.5) is 5.69 Å². The molecule has 104 valence electrons. The number of nitrogens with zero attached hydrogens (tertiary/aromatic N) is 1. The van der Waals surface area contributed by atoms with Crippen molar-refractivity contribution in [1.82, 2.24) is 5.32 Å². The Balaban J connectivity index is 2.23. The number of nitro benzene ring substituents is 1. The second kappa shape index (κ2) is 6.16. The molecule has 20 heavy (non-hydrogen) atoms. The zero-order valence-corrected chi connectivity index (χ0v) is 11.4. The quantitative estimate of drug-likeness (QED) is 0.669. The molecule has 0 fully saturated rings. The molecule has 2 rings (SSSR count). The Labute approximate surface area is 117 Å². The lowest BCUT2D eigenvalue weighted by Gasteiger charge is -2.08. The van der Waals surface area contributed by atoms with Crippen LogP contribution in [0.2, 0.25) is 0 Å². The van der Waals surface area contributed by atoms with Crippen molar-refractivity contribution in [2.75, 3.05) is 7.05 Å². The first-order valence-electron chi connectivity index (χ1n) is 6.26. The molecule has 2 aromatic rings. The van der Waals surface area contributed by atoms with Crippen molar-refractivity contribution in [2.45, 2.75) is 13.5 Å². The van der Waals surface area contributed by atoms with Gasteiger partial charge in [-0.3, -0.25) is 10.1 Å². The van der Waals surface area contributed by atoms with E-state index >= 15 is 0 Å². The van der Waals surface area contributed by atoms with Crippen molar-refractivity contribution in [3.8, 4) is 11.5 Å². The van der Waals surface area contributed by atoms with E-state index in [0.717, 1.165) is 17.7 Å². The Kier molecular flexibility index (Phi) is 4.32. The third-order valence-electron chi connectivity index (χ3n) is 2.84. The van der Waals surface area contributed by atoms with Crippen LogP contribution in [0.5, 0.6) is 11.5 Å². The van der Waals surface area contributed by atoms with Gasteiger partial charge in [-0.2, -0.15) is 0 Å². The number of nitro groups is 1. The van der Waals surface area contributed by atoms with Gasteiger partial charge in [0, 0.05) is 12.6 Å². The smallest absolute Gasteiger partial charge is 0.311 e. The third kappa shape index (κ3) is 3.33. The lowest BCUT2D eigenvalue weighted by molar-refractivity contribution is -0.385. The number of benzene rings is 2. The van der Waals surface area contributed by atoms with Crippen LogP contribution in [0, 0.1) is 17.0 Å². The van der Waals surface area contributed by atoms with Crippen molar-refractivity contribution in [3.63, 3.8) is 0 Å². The van der Waals surface area contributed by atoms with Gasteiger partial charge in [0.25, 0.3) is 0 Å². The molecule has 0 bridgehead atoms. The van der Waals surface area contributed by atoms with Crippen LogP contribution in [0.3, 0.4) is 0 Å². The highest BCUT2D eigenvalue weighted by atomic mass is 16.6. The Morgan fingerprint density at radius 1 is 1.20 bits per heavy atom. The van der Waals surface area contributed by atoms with E-state index < -0.39 is 4.92 Å². The molecule has 5 nitrogen and oxygen atoms in total. The fraction of sp³-hybridized carbons (Fsp3) is 0.200. The molecule has 0 atom stereocenters. The maximum atomic E-state index is 11.0. The topological polar surface area (TPSA) is 64.4 Å². The number of hydrogen-bond donors (Lipinski definition) is 1. The van der Waals surface area contributed by atoms with E-state index in [1.807, 2.05) is 26.1 Å². The lowest BCUT2D eigenvalue weighted by Crippen LogP contribution is -2.04. The predicted molar refractivity (Wildman–Crippen MR) is 77.1 cm³/mol. The van der Waals surface area contributed by atoms with E-state index in [4.69, 9.17) is 4.74 Å². The van der Waals surface area contributed by atoms with Crippen LogP contribution in [-0.2, 0) is 6.54 Å². The summed E-state index contributed by atoms with van der Waals surface area (Å²) in [6, 6.07) is 12.4. The van der Waals surface area contributed by atoms with Gasteiger partial charge in [0.05, 0.1) is 4.92 Å². The fourth-order valence-corrected chi connectivity index (χ4v) is 1.86. The summed E-state index contributed by atoms with van der Waals surface area (Å²) >= 11 is 0. The molecular weight excluding hydrogens is 256 g/mol. The number of ether oxygens (including phenoxy) is 1. The average molecular weight is 272 g/mol. The SMILES string of the molecule is CNCc1ccc(Oc2ccc(C)cc2[N+](=O)[O-])cc1.